The Morgan fingerprint density at radius 2 is 1.50 bits per heavy atom. The van der Waals surface area contributed by atoms with Gasteiger partial charge in [0.05, 0.1) is 0 Å². The van der Waals surface area contributed by atoms with E-state index < -0.39 is 27.5 Å². The van der Waals surface area contributed by atoms with Crippen molar-refractivity contribution in [3.05, 3.63) is 60.2 Å². The van der Waals surface area contributed by atoms with Crippen molar-refractivity contribution >= 4 is 10.1 Å². The Labute approximate surface area is 103 Å². The van der Waals surface area contributed by atoms with Crippen molar-refractivity contribution in [3.63, 3.8) is 0 Å². The van der Waals surface area contributed by atoms with Crippen LogP contribution in [0.2, 0.25) is 0 Å². The minimum absolute atomic E-state index is 0.243. The molecule has 0 fully saturated rings. The van der Waals surface area contributed by atoms with Crippen molar-refractivity contribution < 1.29 is 21.4 Å². The molecule has 0 spiro atoms. The monoisotopic (exact) mass is 270 g/mol. The molecular weight excluding hydrogens is 262 g/mol. The van der Waals surface area contributed by atoms with Crippen LogP contribution in [-0.2, 0) is 10.1 Å². The lowest BCUT2D eigenvalue weighted by molar-refractivity contribution is 0.461. The highest BCUT2D eigenvalue weighted by Crippen LogP contribution is 2.21. The van der Waals surface area contributed by atoms with Crippen molar-refractivity contribution in [1.82, 2.24) is 0 Å². The maximum absolute atomic E-state index is 13.3. The van der Waals surface area contributed by atoms with Crippen LogP contribution >= 0.6 is 0 Å². The quantitative estimate of drug-likeness (QED) is 0.805. The summed E-state index contributed by atoms with van der Waals surface area (Å²) < 4.78 is 54.1. The number of para-hydroxylation sites is 1. The maximum Gasteiger partial charge on any atom is 0.339 e. The third-order valence-corrected chi connectivity index (χ3v) is 3.39. The van der Waals surface area contributed by atoms with Gasteiger partial charge < -0.3 is 4.18 Å². The van der Waals surface area contributed by atoms with Gasteiger partial charge in [-0.05, 0) is 36.4 Å². The van der Waals surface area contributed by atoms with Crippen molar-refractivity contribution in [3.8, 4) is 5.75 Å². The fourth-order valence-corrected chi connectivity index (χ4v) is 2.22. The van der Waals surface area contributed by atoms with Crippen molar-refractivity contribution in [2.75, 3.05) is 0 Å². The van der Waals surface area contributed by atoms with Crippen LogP contribution in [0.3, 0.4) is 0 Å². The summed E-state index contributed by atoms with van der Waals surface area (Å²) in [7, 11) is -4.16. The van der Waals surface area contributed by atoms with E-state index in [4.69, 9.17) is 0 Å². The van der Waals surface area contributed by atoms with Crippen molar-refractivity contribution in [2.24, 2.45) is 0 Å². The number of halogens is 2. The summed E-state index contributed by atoms with van der Waals surface area (Å²) in [5, 5.41) is 0. The van der Waals surface area contributed by atoms with Crippen molar-refractivity contribution in [2.45, 2.75) is 4.90 Å². The fraction of sp³-hybridized carbons (Fsp3) is 0. The summed E-state index contributed by atoms with van der Waals surface area (Å²) in [6, 6.07) is 9.18. The first kappa shape index (κ1) is 12.5. The van der Waals surface area contributed by atoms with Gasteiger partial charge in [0.15, 0.2) is 11.6 Å². The Kier molecular flexibility index (Phi) is 3.29. The molecule has 0 aromatic heterocycles. The van der Waals surface area contributed by atoms with E-state index in [-0.39, 0.29) is 4.90 Å². The van der Waals surface area contributed by atoms with Gasteiger partial charge in [-0.25, -0.2) is 8.78 Å². The summed E-state index contributed by atoms with van der Waals surface area (Å²) in [6.45, 7) is 0. The Balaban J connectivity index is 2.33. The van der Waals surface area contributed by atoms with Crippen LogP contribution in [0, 0.1) is 11.6 Å². The maximum atomic E-state index is 13.3. The molecule has 2 rings (SSSR count). The second kappa shape index (κ2) is 4.73. The minimum atomic E-state index is -4.16. The molecule has 0 atom stereocenters. The summed E-state index contributed by atoms with van der Waals surface area (Å²) >= 11 is 0. The summed E-state index contributed by atoms with van der Waals surface area (Å²) in [5.41, 5.74) is 0. The lowest BCUT2D eigenvalue weighted by Gasteiger charge is -2.07. The molecular formula is C12H8F2O3S. The van der Waals surface area contributed by atoms with Gasteiger partial charge in [0, 0.05) is 0 Å². The zero-order valence-electron chi connectivity index (χ0n) is 9.01. The molecule has 2 aromatic rings. The predicted octanol–water partition coefficient (Wildman–Crippen LogP) is 2.73. The van der Waals surface area contributed by atoms with Gasteiger partial charge in [0.25, 0.3) is 0 Å². The first-order valence-corrected chi connectivity index (χ1v) is 6.34. The average Bonchev–Trinajstić information content (AvgIpc) is 2.32. The molecule has 0 aliphatic rings. The number of benzene rings is 2. The summed E-state index contributed by atoms with van der Waals surface area (Å²) in [6.07, 6.45) is 0. The third-order valence-electron chi connectivity index (χ3n) is 2.14. The standard InChI is InChI=1S/C12H8F2O3S/c13-9-5-7-10(8-6-9)18(15,16)17-12-4-2-1-3-11(12)14/h1-8H. The average molecular weight is 270 g/mol. The zero-order valence-corrected chi connectivity index (χ0v) is 9.82. The van der Waals surface area contributed by atoms with Gasteiger partial charge in [-0.15, -0.1) is 0 Å². The highest BCUT2D eigenvalue weighted by Gasteiger charge is 2.18. The molecule has 0 bridgehead atoms. The molecule has 2 aromatic carbocycles. The topological polar surface area (TPSA) is 43.4 Å². The molecule has 0 aliphatic carbocycles. The van der Waals surface area contributed by atoms with Crippen LogP contribution in [0.4, 0.5) is 8.78 Å². The molecule has 0 unspecified atom stereocenters. The Hall–Kier alpha value is -1.95. The molecule has 18 heavy (non-hydrogen) atoms. The number of rotatable bonds is 3. The summed E-state index contributed by atoms with van der Waals surface area (Å²) in [4.78, 5) is -0.243. The Bertz CT molecular complexity index is 651. The van der Waals surface area contributed by atoms with Gasteiger partial charge in [0.2, 0.25) is 0 Å². The minimum Gasteiger partial charge on any atom is -0.376 e. The molecule has 0 N–H and O–H groups in total. The van der Waals surface area contributed by atoms with Crippen LogP contribution in [0.5, 0.6) is 5.75 Å². The van der Waals surface area contributed by atoms with E-state index in [2.05, 4.69) is 4.18 Å². The molecule has 0 amide bonds. The molecule has 0 radical (unpaired) electrons. The Morgan fingerprint density at radius 3 is 2.11 bits per heavy atom. The molecule has 3 nitrogen and oxygen atoms in total. The first-order valence-electron chi connectivity index (χ1n) is 4.93. The van der Waals surface area contributed by atoms with E-state index in [9.17, 15) is 17.2 Å². The van der Waals surface area contributed by atoms with Crippen LogP contribution < -0.4 is 4.18 Å². The van der Waals surface area contributed by atoms with E-state index in [1.54, 1.807) is 0 Å². The van der Waals surface area contributed by atoms with Gasteiger partial charge in [-0.2, -0.15) is 8.42 Å². The predicted molar refractivity (Wildman–Crippen MR) is 60.6 cm³/mol. The third kappa shape index (κ3) is 2.65. The highest BCUT2D eigenvalue weighted by atomic mass is 32.2. The molecule has 0 heterocycles. The lowest BCUT2D eigenvalue weighted by Crippen LogP contribution is -2.10. The second-order valence-electron chi connectivity index (χ2n) is 3.42. The van der Waals surface area contributed by atoms with Crippen LogP contribution in [-0.4, -0.2) is 8.42 Å². The van der Waals surface area contributed by atoms with Gasteiger partial charge in [-0.1, -0.05) is 12.1 Å². The smallest absolute Gasteiger partial charge is 0.339 e. The SMILES string of the molecule is O=S(=O)(Oc1ccccc1F)c1ccc(F)cc1. The van der Waals surface area contributed by atoms with Gasteiger partial charge in [-0.3, -0.25) is 0 Å². The number of hydrogen-bond donors (Lipinski definition) is 0. The highest BCUT2D eigenvalue weighted by molar-refractivity contribution is 7.87. The normalized spacial score (nSPS) is 11.2. The molecule has 0 saturated heterocycles. The second-order valence-corrected chi connectivity index (χ2v) is 4.97. The fourth-order valence-electron chi connectivity index (χ4n) is 1.28. The molecule has 94 valence electrons. The molecule has 6 heteroatoms. The van der Waals surface area contributed by atoms with E-state index >= 15 is 0 Å². The van der Waals surface area contributed by atoms with Crippen LogP contribution in [0.25, 0.3) is 0 Å². The lowest BCUT2D eigenvalue weighted by atomic mass is 10.3. The Morgan fingerprint density at radius 1 is 0.889 bits per heavy atom. The molecule has 0 saturated carbocycles. The molecule has 0 aliphatic heterocycles. The van der Waals surface area contributed by atoms with Crippen molar-refractivity contribution in [1.29, 1.82) is 0 Å². The largest absolute Gasteiger partial charge is 0.376 e. The van der Waals surface area contributed by atoms with E-state index in [0.717, 1.165) is 30.3 Å². The number of hydrogen-bond acceptors (Lipinski definition) is 3. The zero-order chi connectivity index (χ0) is 13.2. The van der Waals surface area contributed by atoms with Gasteiger partial charge in [0.1, 0.15) is 10.7 Å². The first-order chi connectivity index (χ1) is 8.49. The van der Waals surface area contributed by atoms with Crippen LogP contribution in [0.15, 0.2) is 53.4 Å². The van der Waals surface area contributed by atoms with E-state index in [1.165, 1.54) is 18.2 Å². The van der Waals surface area contributed by atoms with E-state index in [1.807, 2.05) is 0 Å². The van der Waals surface area contributed by atoms with E-state index in [0.29, 0.717) is 0 Å². The summed E-state index contributed by atoms with van der Waals surface area (Å²) in [5.74, 6) is -1.76. The van der Waals surface area contributed by atoms with Gasteiger partial charge >= 0.3 is 10.1 Å². The van der Waals surface area contributed by atoms with Crippen LogP contribution in [0.1, 0.15) is 0 Å².